The van der Waals surface area contributed by atoms with Crippen LogP contribution in [0.5, 0.6) is 11.5 Å². The second-order valence-electron chi connectivity index (χ2n) is 13.2. The highest BCUT2D eigenvalue weighted by molar-refractivity contribution is 6.09. The molecule has 56 heavy (non-hydrogen) atoms. The minimum Gasteiger partial charge on any atom is -0.458 e. The van der Waals surface area contributed by atoms with Crippen LogP contribution in [0.15, 0.2) is 182 Å². The lowest BCUT2D eigenvalue weighted by molar-refractivity contribution is -0.571. The summed E-state index contributed by atoms with van der Waals surface area (Å²) in [6.07, 6.45) is 0.769. The number of aryl methyl sites for hydroxylation is 2. The molecular formula is C51H36N4O. The van der Waals surface area contributed by atoms with Gasteiger partial charge < -0.3 is 4.74 Å². The topological polar surface area (TPSA) is 35.9 Å². The van der Waals surface area contributed by atoms with Crippen molar-refractivity contribution in [2.24, 2.45) is 0 Å². The summed E-state index contributed by atoms with van der Waals surface area (Å²) >= 11 is 0. The monoisotopic (exact) mass is 734 g/mol. The summed E-state index contributed by atoms with van der Waals surface area (Å²) in [6, 6.07) is 28.8. The molecule has 0 atom stereocenters. The maximum Gasteiger partial charge on any atom is 0.269 e. The molecule has 5 heteroatoms. The van der Waals surface area contributed by atoms with E-state index in [0.717, 1.165) is 21.8 Å². The molecule has 11 rings (SSSR count). The second kappa shape index (κ2) is 13.3. The van der Waals surface area contributed by atoms with E-state index in [-0.39, 0.29) is 45.5 Å². The SMILES string of the molecule is [2H]c1c([2H])c([2H])c(-c2cccc(-c3c([2H])c([2H])c([2H])c([2H])c3[2H])c2-[n+]2[c-]n(-c3cccc(Oc4ccc5c6ccccc6n(-c6cc7c(cn6)C([2H])([2H])CC7([2H])[2H])c5c4)c3)c3ccccc32)c([2H])c1[2H]. The van der Waals surface area contributed by atoms with Gasteiger partial charge in [0.1, 0.15) is 17.3 Å². The van der Waals surface area contributed by atoms with Crippen molar-refractivity contribution in [2.45, 2.75) is 19.2 Å². The van der Waals surface area contributed by atoms with Crippen molar-refractivity contribution in [3.8, 4) is 50.9 Å². The van der Waals surface area contributed by atoms with Gasteiger partial charge in [0.2, 0.25) is 0 Å². The number of rotatable bonds is 7. The lowest BCUT2D eigenvalue weighted by atomic mass is 9.95. The molecule has 0 fully saturated rings. The lowest BCUT2D eigenvalue weighted by Crippen LogP contribution is -2.31. The van der Waals surface area contributed by atoms with Gasteiger partial charge in [-0.3, -0.25) is 13.7 Å². The number of ether oxygens (including phenoxy) is 1. The Morgan fingerprint density at radius 2 is 1.30 bits per heavy atom. The van der Waals surface area contributed by atoms with Gasteiger partial charge in [-0.2, -0.15) is 0 Å². The molecule has 3 aromatic heterocycles. The minimum absolute atomic E-state index is 0.130. The van der Waals surface area contributed by atoms with Crippen LogP contribution in [0.2, 0.25) is 0 Å². The van der Waals surface area contributed by atoms with Crippen LogP contribution >= 0.6 is 0 Å². The Hall–Kier alpha value is -7.24. The molecule has 0 amide bonds. The Balaban J connectivity index is 1.07. The smallest absolute Gasteiger partial charge is 0.269 e. The van der Waals surface area contributed by atoms with Gasteiger partial charge >= 0.3 is 0 Å². The maximum atomic E-state index is 8.99. The first-order valence-corrected chi connectivity index (χ1v) is 17.9. The molecule has 3 heterocycles. The van der Waals surface area contributed by atoms with Crippen LogP contribution in [0.3, 0.4) is 0 Å². The maximum absolute atomic E-state index is 8.99. The van der Waals surface area contributed by atoms with E-state index in [9.17, 15) is 0 Å². The zero-order valence-electron chi connectivity index (χ0n) is 43.5. The van der Waals surface area contributed by atoms with Crippen molar-refractivity contribution in [1.29, 1.82) is 0 Å². The van der Waals surface area contributed by atoms with Gasteiger partial charge in [-0.15, -0.1) is 0 Å². The fourth-order valence-corrected chi connectivity index (χ4v) is 7.55. The quantitative estimate of drug-likeness (QED) is 0.121. The van der Waals surface area contributed by atoms with Gasteiger partial charge in [-0.1, -0.05) is 127 Å². The Morgan fingerprint density at radius 3 is 2.11 bits per heavy atom. The van der Waals surface area contributed by atoms with E-state index in [1.54, 1.807) is 63.7 Å². The number of fused-ring (bicyclic) bond motifs is 5. The van der Waals surface area contributed by atoms with Gasteiger partial charge in [0.15, 0.2) is 0 Å². The third-order valence-electron chi connectivity index (χ3n) is 9.99. The minimum atomic E-state index is -1.89. The molecule has 0 radical (unpaired) electrons. The van der Waals surface area contributed by atoms with Crippen molar-refractivity contribution in [2.75, 3.05) is 0 Å². The number of para-hydroxylation sites is 4. The van der Waals surface area contributed by atoms with Crippen molar-refractivity contribution in [1.82, 2.24) is 14.1 Å². The van der Waals surface area contributed by atoms with E-state index < -0.39 is 73.2 Å². The van der Waals surface area contributed by atoms with Crippen LogP contribution in [-0.2, 0) is 12.7 Å². The van der Waals surface area contributed by atoms with E-state index in [2.05, 4.69) is 11.3 Å². The molecule has 1 aliphatic carbocycles. The number of hydrogen-bond acceptors (Lipinski definition) is 2. The second-order valence-corrected chi connectivity index (χ2v) is 13.2. The van der Waals surface area contributed by atoms with Crippen LogP contribution in [0.4, 0.5) is 0 Å². The summed E-state index contributed by atoms with van der Waals surface area (Å²) in [6.45, 7) is 0. The summed E-state index contributed by atoms with van der Waals surface area (Å²) < 4.78 is 133. The molecule has 0 bridgehead atoms. The first-order valence-electron chi connectivity index (χ1n) is 24.9. The highest BCUT2D eigenvalue weighted by Gasteiger charge is 2.21. The number of imidazole rings is 1. The van der Waals surface area contributed by atoms with Gasteiger partial charge in [0, 0.05) is 28.5 Å². The molecule has 0 N–H and O–H groups in total. The molecule has 0 saturated heterocycles. The first kappa shape index (κ1) is 21.0. The van der Waals surface area contributed by atoms with Gasteiger partial charge in [0.05, 0.1) is 47.1 Å². The van der Waals surface area contributed by atoms with E-state index in [1.807, 2.05) is 65.2 Å². The summed E-state index contributed by atoms with van der Waals surface area (Å²) in [5, 5.41) is 1.82. The fraction of sp³-hybridized carbons (Fsp3) is 0.0588. The molecule has 0 spiro atoms. The number of pyridine rings is 1. The normalized spacial score (nSPS) is 17.8. The van der Waals surface area contributed by atoms with Crippen molar-refractivity contribution in [3.05, 3.63) is 199 Å². The molecule has 266 valence electrons. The van der Waals surface area contributed by atoms with Crippen LogP contribution in [0.1, 0.15) is 36.7 Å². The van der Waals surface area contributed by atoms with Crippen LogP contribution in [0, 0.1) is 6.33 Å². The number of nitrogens with zero attached hydrogens (tertiary/aromatic N) is 4. The Labute approximate surface area is 344 Å². The van der Waals surface area contributed by atoms with Crippen LogP contribution in [-0.4, -0.2) is 14.1 Å². The van der Waals surface area contributed by atoms with Crippen molar-refractivity contribution >= 4 is 32.8 Å². The Bertz CT molecular complexity index is 3740. The fourth-order valence-electron chi connectivity index (χ4n) is 7.55. The molecule has 1 aliphatic rings. The summed E-state index contributed by atoms with van der Waals surface area (Å²) in [4.78, 5) is 4.67. The van der Waals surface area contributed by atoms with Crippen molar-refractivity contribution < 1.29 is 28.5 Å². The molecule has 0 unspecified atom stereocenters. The number of benzene rings is 7. The Morgan fingerprint density at radius 1 is 0.625 bits per heavy atom. The predicted octanol–water partition coefficient (Wildman–Crippen LogP) is 11.8. The molecule has 7 aromatic carbocycles. The third kappa shape index (κ3) is 5.39. The average Bonchev–Trinajstić information content (AvgIpc) is 3.95. The Kier molecular flexibility index (Phi) is 4.97. The number of aromatic nitrogens is 4. The predicted molar refractivity (Wildman–Crippen MR) is 225 cm³/mol. The molecule has 10 aromatic rings. The van der Waals surface area contributed by atoms with E-state index in [0.29, 0.717) is 34.0 Å². The first-order chi connectivity index (χ1) is 33.4. The summed E-state index contributed by atoms with van der Waals surface area (Å²) in [7, 11) is 0. The summed E-state index contributed by atoms with van der Waals surface area (Å²) in [5.41, 5.74) is 3.83. The zero-order chi connectivity index (χ0) is 49.3. The van der Waals surface area contributed by atoms with Crippen LogP contribution in [0.25, 0.3) is 72.3 Å². The van der Waals surface area contributed by atoms with Gasteiger partial charge in [-0.05, 0) is 95.0 Å². The molecule has 0 saturated carbocycles. The standard InChI is InChI=1S/C51H36N4O/c1-3-14-35(15-4-1)42-23-13-24-43(36-16-5-2-6-17-36)51(42)54-34-53(47-26-9-10-27-48(47)54)39-20-12-21-40(31-39)56-41-28-29-45-44-22-7-8-25-46(44)55(49(45)32-41)50-30-37-18-11-19-38(37)33-52-50/h1-10,12-17,20-33H,11,18-19H2/i1D,2D,3D,4D,5D,6D,14D,15D,16D,17D,18D2,19D2. The zero-order valence-corrected chi connectivity index (χ0v) is 29.5. The van der Waals surface area contributed by atoms with Gasteiger partial charge in [-0.25, -0.2) is 4.98 Å². The largest absolute Gasteiger partial charge is 0.458 e. The van der Waals surface area contributed by atoms with Crippen molar-refractivity contribution in [3.63, 3.8) is 0 Å². The highest BCUT2D eigenvalue weighted by atomic mass is 16.5. The lowest BCUT2D eigenvalue weighted by Gasteiger charge is -2.17. The van der Waals surface area contributed by atoms with Gasteiger partial charge in [0.25, 0.3) is 6.33 Å². The van der Waals surface area contributed by atoms with Crippen LogP contribution < -0.4 is 9.30 Å². The molecule has 0 aliphatic heterocycles. The van der Waals surface area contributed by atoms with E-state index in [1.165, 1.54) is 6.20 Å². The molecular weight excluding hydrogens is 685 g/mol. The highest BCUT2D eigenvalue weighted by Crippen LogP contribution is 2.37. The molecule has 5 nitrogen and oxygen atoms in total. The average molecular weight is 735 g/mol. The summed E-state index contributed by atoms with van der Waals surface area (Å²) in [5.74, 6) is 1.33. The van der Waals surface area contributed by atoms with E-state index in [4.69, 9.17) is 23.9 Å². The number of hydrogen-bond donors (Lipinski definition) is 0. The van der Waals surface area contributed by atoms with E-state index >= 15 is 0 Å². The third-order valence-corrected chi connectivity index (χ3v) is 9.99.